The normalized spacial score (nSPS) is 25.7. The molecule has 10 aliphatic heterocycles. The second-order valence-corrected chi connectivity index (χ2v) is 36.6. The van der Waals surface area contributed by atoms with Gasteiger partial charge in [0.2, 0.25) is 0 Å². The molecule has 10 unspecified atom stereocenters. The van der Waals surface area contributed by atoms with E-state index in [2.05, 4.69) is 35.5 Å². The maximum Gasteiger partial charge on any atom is 0.199 e. The van der Waals surface area contributed by atoms with Crippen LogP contribution in [0.5, 0.6) is 69.0 Å². The summed E-state index contributed by atoms with van der Waals surface area (Å²) in [7, 11) is 0. The van der Waals surface area contributed by atoms with Gasteiger partial charge in [0.25, 0.3) is 0 Å². The van der Waals surface area contributed by atoms with Gasteiger partial charge in [-0.3, -0.25) is 19.5 Å². The summed E-state index contributed by atoms with van der Waals surface area (Å²) in [6.45, 7) is 24.2. The van der Waals surface area contributed by atoms with Gasteiger partial charge in [-0.2, -0.15) is 0 Å². The van der Waals surface area contributed by atoms with Gasteiger partial charge in [-0.05, 0) is 234 Å². The summed E-state index contributed by atoms with van der Waals surface area (Å²) in [5.74, 6) is 3.57. The van der Waals surface area contributed by atoms with Crippen LogP contribution in [-0.4, -0.2) is 166 Å². The van der Waals surface area contributed by atoms with Crippen molar-refractivity contribution in [2.75, 3.05) is 105 Å². The number of Topliss-reactive ketones (excluding diaryl/α,β-unsaturated/α-hetero) is 1. The second kappa shape index (κ2) is 42.3. The number of nitrogens with zero attached hydrogens (tertiary/aromatic N) is 3. The van der Waals surface area contributed by atoms with E-state index < -0.39 is 65.8 Å². The molecule has 3 N–H and O–H groups in total. The Morgan fingerprint density at radius 2 is 0.792 bits per heavy atom. The van der Waals surface area contributed by atoms with E-state index in [0.717, 1.165) is 216 Å². The minimum Gasteiger partial charge on any atom is -0.508 e. The zero-order valence-electron chi connectivity index (χ0n) is 75.1. The second-order valence-electron chi connectivity index (χ2n) is 36.6. The number of rotatable bonds is 26. The first kappa shape index (κ1) is 91.4. The van der Waals surface area contributed by atoms with Crippen LogP contribution < -0.4 is 47.4 Å². The van der Waals surface area contributed by atoms with Crippen molar-refractivity contribution >= 4 is 16.9 Å². The smallest absolute Gasteiger partial charge is 0.199 e. The van der Waals surface area contributed by atoms with Gasteiger partial charge < -0.3 is 81.6 Å². The SMILES string of the molecule is CC1=C(c2ccc(O)cc2)C(c2ccc(OCCN3CC[C@@H](C)C3)cc2)Oc2cc(O)cc(F)c21.C[C@@H]1CCN(CCOc2ccc(C3Oc4cc(OC5CCCCO5)cc(F)c4C(=O)C3c3ccc(OC4CCCCO4)cc3)cc2)C1.C[C@@H]1CCN(CCOc2ccc(C3Oc4cc(OC5CCCCO5)cc(F)c4C(C)(O)C3c3ccc(OC4CCCCO4)cc3)cc2)C1. The molecule has 0 bridgehead atoms. The van der Waals surface area contributed by atoms with E-state index in [4.69, 9.17) is 66.3 Å². The minimum atomic E-state index is -1.63. The number of ether oxygens (including phenoxy) is 14. The van der Waals surface area contributed by atoms with Gasteiger partial charge in [0.1, 0.15) is 130 Å². The number of benzene rings is 9. The zero-order chi connectivity index (χ0) is 89.8. The highest BCUT2D eigenvalue weighted by atomic mass is 19.1. The summed E-state index contributed by atoms with van der Waals surface area (Å²) >= 11 is 0. The summed E-state index contributed by atoms with van der Waals surface area (Å²) in [5, 5.41) is 32.0. The van der Waals surface area contributed by atoms with Crippen LogP contribution in [0, 0.1) is 35.2 Å². The van der Waals surface area contributed by atoms with E-state index in [1.165, 1.54) is 37.5 Å². The predicted molar refractivity (Wildman–Crippen MR) is 487 cm³/mol. The van der Waals surface area contributed by atoms with Crippen molar-refractivity contribution in [1.29, 1.82) is 0 Å². The number of aliphatic hydroxyl groups is 1. The lowest BCUT2D eigenvalue weighted by atomic mass is 9.71. The molecule has 7 saturated heterocycles. The Kier molecular flexibility index (Phi) is 29.8. The lowest BCUT2D eigenvalue weighted by Crippen LogP contribution is -2.41. The number of phenols is 2. The number of likely N-dealkylation sites (tertiary alicyclic amines) is 3. The van der Waals surface area contributed by atoms with Crippen molar-refractivity contribution in [1.82, 2.24) is 14.7 Å². The molecule has 0 saturated carbocycles. The van der Waals surface area contributed by atoms with Crippen LogP contribution in [0.15, 0.2) is 182 Å². The third-order valence-corrected chi connectivity index (χ3v) is 26.6. The van der Waals surface area contributed by atoms with Gasteiger partial charge >= 0.3 is 0 Å². The Bertz CT molecular complexity index is 5270. The van der Waals surface area contributed by atoms with E-state index >= 15 is 8.78 Å². The molecule has 9 aromatic carbocycles. The van der Waals surface area contributed by atoms with Crippen LogP contribution in [0.25, 0.3) is 11.1 Å². The number of aromatic hydroxyl groups is 2. The average Bonchev–Trinajstić information content (AvgIpc) is 0.893. The van der Waals surface area contributed by atoms with E-state index in [9.17, 15) is 24.5 Å². The molecule has 0 radical (unpaired) electrons. The quantitative estimate of drug-likeness (QED) is 0.0459. The fraction of sp³-hybridized carbons (Fsp3) is 0.462. The van der Waals surface area contributed by atoms with Crippen molar-refractivity contribution in [2.45, 2.75) is 192 Å². The zero-order valence-corrected chi connectivity index (χ0v) is 75.1. The van der Waals surface area contributed by atoms with Crippen LogP contribution in [0.2, 0.25) is 0 Å². The minimum absolute atomic E-state index is 0.0738. The molecular weight excluding hydrogens is 1660 g/mol. The third-order valence-electron chi connectivity index (χ3n) is 26.6. The molecule has 690 valence electrons. The lowest BCUT2D eigenvalue weighted by molar-refractivity contribution is -0.106. The van der Waals surface area contributed by atoms with Gasteiger partial charge in [0, 0.05) is 107 Å². The molecule has 24 heteroatoms. The maximum absolute atomic E-state index is 16.0. The molecule has 21 nitrogen and oxygen atoms in total. The van der Waals surface area contributed by atoms with E-state index in [-0.39, 0.29) is 58.2 Å². The molecule has 19 rings (SSSR count). The summed E-state index contributed by atoms with van der Waals surface area (Å²) in [6, 6.07) is 53.4. The topological polar surface area (TPSA) is 217 Å². The van der Waals surface area contributed by atoms with Crippen molar-refractivity contribution in [3.8, 4) is 69.0 Å². The lowest BCUT2D eigenvalue weighted by Gasteiger charge is -2.44. The summed E-state index contributed by atoms with van der Waals surface area (Å²) in [6.07, 6.45) is 11.7. The molecule has 7 fully saturated rings. The van der Waals surface area contributed by atoms with Gasteiger partial charge in [-0.25, -0.2) is 13.2 Å². The van der Waals surface area contributed by atoms with Crippen molar-refractivity contribution in [3.63, 3.8) is 0 Å². The standard InChI is InChI=1S/C39H48FNO7.C38H44FNO7.C29H30FNO4/c1-26-17-18-41(25-26)19-22-43-29-13-11-28(12-14-29)38-36(27-9-15-30(16-10-27)46-34-7-3-5-20-44-34)39(2,42)37-32(40)23-31(24-33(37)48-38)47-35-8-4-6-21-45-35;1-25-16-17-40(24-25)18-21-42-28-12-10-27(11-13-28)38-35(26-8-14-29(15-9-26)45-33-6-2-4-19-43-33)37(41)36-31(39)22-30(23-32(36)47-38)46-34-7-3-5-20-44-34;1-18-11-12-31(17-18)13-14-34-24-9-5-21(6-10-24)29-27(20-3-7-22(32)8-4-20)19(2)28-25(30)15-23(33)16-26(28)35-29/h9-16,23-24,26,34-36,38,42H,3-8,17-22,25H2,1-2H3;8-15,22-23,25,33-35,38H,2-7,16-21,24H2,1H3;3-10,15-16,18,29,32-33H,11-14,17H2,1-2H3/t26-,34?,35?,36?,38?,39?;25-,33?,34?,35?,38?;18-,29?/m111/s1. The van der Waals surface area contributed by atoms with E-state index in [0.29, 0.717) is 80.4 Å². The largest absolute Gasteiger partial charge is 0.508 e. The summed E-state index contributed by atoms with van der Waals surface area (Å²) in [5.41, 5.74) is 5.09. The van der Waals surface area contributed by atoms with Crippen molar-refractivity contribution in [3.05, 3.63) is 250 Å². The summed E-state index contributed by atoms with van der Waals surface area (Å²) in [4.78, 5) is 21.5. The Balaban J connectivity index is 0.000000139. The van der Waals surface area contributed by atoms with Crippen LogP contribution in [-0.2, 0) is 24.5 Å². The highest BCUT2D eigenvalue weighted by molar-refractivity contribution is 6.05. The number of halogens is 3. The number of fused-ring (bicyclic) bond motifs is 3. The third kappa shape index (κ3) is 22.4. The maximum atomic E-state index is 16.0. The number of carbonyl (C=O) groups is 1. The number of phenolic OH excluding ortho intramolecular Hbond substituents is 2. The van der Waals surface area contributed by atoms with Crippen LogP contribution in [0.4, 0.5) is 13.2 Å². The molecule has 0 spiro atoms. The molecule has 9 aromatic rings. The molecular formula is C106H122F3N3O18. The van der Waals surface area contributed by atoms with Crippen LogP contribution in [0.1, 0.15) is 216 Å². The van der Waals surface area contributed by atoms with E-state index in [1.807, 2.05) is 128 Å². The van der Waals surface area contributed by atoms with Gasteiger partial charge in [0.05, 0.1) is 55.0 Å². The van der Waals surface area contributed by atoms with E-state index in [1.54, 1.807) is 43.3 Å². The molecule has 0 aliphatic carbocycles. The van der Waals surface area contributed by atoms with Crippen LogP contribution in [0.3, 0.4) is 0 Å². The van der Waals surface area contributed by atoms with Gasteiger partial charge in [-0.15, -0.1) is 0 Å². The molecule has 0 aromatic heterocycles. The number of allylic oxidation sites excluding steroid dienone is 1. The Hall–Kier alpha value is -10.5. The molecule has 10 heterocycles. The van der Waals surface area contributed by atoms with Gasteiger partial charge in [-0.1, -0.05) is 93.6 Å². The highest BCUT2D eigenvalue weighted by Gasteiger charge is 2.50. The molecule has 13 atom stereocenters. The fourth-order valence-corrected chi connectivity index (χ4v) is 19.6. The van der Waals surface area contributed by atoms with Crippen LogP contribution >= 0.6 is 0 Å². The van der Waals surface area contributed by atoms with Crippen molar-refractivity contribution in [2.24, 2.45) is 17.8 Å². The summed E-state index contributed by atoms with van der Waals surface area (Å²) < 4.78 is 131. The number of ketones is 1. The molecule has 130 heavy (non-hydrogen) atoms. The number of hydrogen-bond acceptors (Lipinski definition) is 21. The molecule has 10 aliphatic rings. The molecule has 0 amide bonds. The fourth-order valence-electron chi connectivity index (χ4n) is 19.6. The first-order valence-electron chi connectivity index (χ1n) is 46.9. The number of carbonyl (C=O) groups excluding carboxylic acids is 1. The van der Waals surface area contributed by atoms with Gasteiger partial charge in [0.15, 0.2) is 30.9 Å². The first-order chi connectivity index (χ1) is 63.2. The highest BCUT2D eigenvalue weighted by Crippen LogP contribution is 2.57. The Morgan fingerprint density at radius 1 is 0.400 bits per heavy atom. The number of hydrogen-bond donors (Lipinski definition) is 3. The average molecular weight is 1780 g/mol. The Morgan fingerprint density at radius 3 is 1.24 bits per heavy atom. The monoisotopic (exact) mass is 1780 g/mol. The predicted octanol–water partition coefficient (Wildman–Crippen LogP) is 21.0. The Labute approximate surface area is 760 Å². The first-order valence-corrected chi connectivity index (χ1v) is 46.9. The van der Waals surface area contributed by atoms with Crippen molar-refractivity contribution < 1.29 is 99.6 Å².